The number of ketones is 1. The molecule has 0 amide bonds. The molecule has 0 saturated carbocycles. The predicted molar refractivity (Wildman–Crippen MR) is 56.6 cm³/mol. The lowest BCUT2D eigenvalue weighted by Gasteiger charge is -2.10. The molecule has 0 radical (unpaired) electrons. The molecule has 16 heavy (non-hydrogen) atoms. The molecule has 0 aliphatic rings. The molecule has 6 nitrogen and oxygen atoms in total. The number of aliphatic hydroxyl groups excluding tert-OH is 1. The summed E-state index contributed by atoms with van der Waals surface area (Å²) in [5, 5.41) is 18.3. The van der Waals surface area contributed by atoms with Crippen molar-refractivity contribution in [1.29, 1.82) is 0 Å². The third-order valence-corrected chi connectivity index (χ3v) is 2.25. The van der Waals surface area contributed by atoms with E-state index in [1.54, 1.807) is 13.8 Å². The van der Waals surface area contributed by atoms with E-state index in [1.165, 1.54) is 0 Å². The van der Waals surface area contributed by atoms with E-state index in [1.807, 2.05) is 0 Å². The van der Waals surface area contributed by atoms with Gasteiger partial charge in [0.15, 0.2) is 11.5 Å². The standard InChI is InChI=1S/C10H14N2O4/c1-3-7(14)8-9(15)10(16)12(4-5-13)6(2)11-8/h13,15H,3-5H2,1-2H3. The van der Waals surface area contributed by atoms with E-state index in [4.69, 9.17) is 5.11 Å². The molecule has 0 spiro atoms. The fourth-order valence-corrected chi connectivity index (χ4v) is 1.38. The quantitative estimate of drug-likeness (QED) is 0.696. The smallest absolute Gasteiger partial charge is 0.296 e. The largest absolute Gasteiger partial charge is 0.501 e. The summed E-state index contributed by atoms with van der Waals surface area (Å²) in [4.78, 5) is 26.9. The fourth-order valence-electron chi connectivity index (χ4n) is 1.38. The maximum atomic E-state index is 11.6. The maximum Gasteiger partial charge on any atom is 0.296 e. The monoisotopic (exact) mass is 226 g/mol. The number of hydrogen-bond donors (Lipinski definition) is 2. The highest BCUT2D eigenvalue weighted by atomic mass is 16.3. The van der Waals surface area contributed by atoms with Gasteiger partial charge in [0.05, 0.1) is 13.2 Å². The summed E-state index contributed by atoms with van der Waals surface area (Å²) < 4.78 is 1.13. The Bertz CT molecular complexity index is 465. The predicted octanol–water partition coefficient (Wildman–Crippen LogP) is -0.158. The molecule has 1 aromatic heterocycles. The van der Waals surface area contributed by atoms with E-state index < -0.39 is 11.3 Å². The van der Waals surface area contributed by atoms with E-state index in [2.05, 4.69) is 4.98 Å². The van der Waals surface area contributed by atoms with Gasteiger partial charge in [-0.3, -0.25) is 14.2 Å². The van der Waals surface area contributed by atoms with Crippen LogP contribution in [0.2, 0.25) is 0 Å². The van der Waals surface area contributed by atoms with Gasteiger partial charge in [-0.15, -0.1) is 0 Å². The summed E-state index contributed by atoms with van der Waals surface area (Å²) in [6.45, 7) is 2.98. The van der Waals surface area contributed by atoms with Gasteiger partial charge < -0.3 is 10.2 Å². The van der Waals surface area contributed by atoms with Crippen LogP contribution in [0.25, 0.3) is 0 Å². The van der Waals surface area contributed by atoms with Gasteiger partial charge in [0, 0.05) is 6.42 Å². The van der Waals surface area contributed by atoms with E-state index in [9.17, 15) is 14.7 Å². The van der Waals surface area contributed by atoms with Crippen molar-refractivity contribution in [1.82, 2.24) is 9.55 Å². The van der Waals surface area contributed by atoms with Gasteiger partial charge in [-0.25, -0.2) is 4.98 Å². The molecule has 6 heteroatoms. The lowest BCUT2D eigenvalue weighted by atomic mass is 10.2. The number of Topliss-reactive ketones (excluding diaryl/α,β-unsaturated/α-hetero) is 1. The third kappa shape index (κ3) is 2.11. The number of carbonyl (C=O) groups is 1. The summed E-state index contributed by atoms with van der Waals surface area (Å²) in [5.41, 5.74) is -0.891. The van der Waals surface area contributed by atoms with Gasteiger partial charge >= 0.3 is 0 Å². The summed E-state index contributed by atoms with van der Waals surface area (Å²) in [5.74, 6) is -0.728. The van der Waals surface area contributed by atoms with Crippen LogP contribution in [-0.2, 0) is 6.54 Å². The van der Waals surface area contributed by atoms with E-state index in [0.29, 0.717) is 5.82 Å². The van der Waals surface area contributed by atoms with Crippen LogP contribution in [0.1, 0.15) is 29.7 Å². The molecule has 1 rings (SSSR count). The van der Waals surface area contributed by atoms with Crippen LogP contribution in [0.4, 0.5) is 0 Å². The molecule has 0 bridgehead atoms. The molecule has 0 aliphatic heterocycles. The SMILES string of the molecule is CCC(=O)c1nc(C)n(CCO)c(=O)c1O. The van der Waals surface area contributed by atoms with Crippen molar-refractivity contribution in [3.63, 3.8) is 0 Å². The minimum atomic E-state index is -0.696. The van der Waals surface area contributed by atoms with Crippen LogP contribution in [0.5, 0.6) is 5.75 Å². The lowest BCUT2D eigenvalue weighted by Crippen LogP contribution is -2.27. The van der Waals surface area contributed by atoms with Gasteiger partial charge in [-0.05, 0) is 6.92 Å². The Morgan fingerprint density at radius 1 is 1.50 bits per heavy atom. The van der Waals surface area contributed by atoms with Gasteiger partial charge in [-0.2, -0.15) is 0 Å². The number of aromatic hydroxyl groups is 1. The summed E-state index contributed by atoms with van der Waals surface area (Å²) in [6.07, 6.45) is 0.170. The van der Waals surface area contributed by atoms with Crippen molar-refractivity contribution in [2.45, 2.75) is 26.8 Å². The first kappa shape index (κ1) is 12.4. The Balaban J connectivity index is 3.39. The summed E-state index contributed by atoms with van der Waals surface area (Å²) in [7, 11) is 0. The Morgan fingerprint density at radius 3 is 2.62 bits per heavy atom. The average molecular weight is 226 g/mol. The Kier molecular flexibility index (Phi) is 3.78. The first-order valence-corrected chi connectivity index (χ1v) is 4.97. The van der Waals surface area contributed by atoms with Crippen LogP contribution in [0, 0.1) is 6.92 Å². The van der Waals surface area contributed by atoms with Crippen LogP contribution in [-0.4, -0.2) is 32.2 Å². The maximum absolute atomic E-state index is 11.6. The zero-order chi connectivity index (χ0) is 12.3. The topological polar surface area (TPSA) is 92.4 Å². The summed E-state index contributed by atoms with van der Waals surface area (Å²) in [6, 6.07) is 0. The van der Waals surface area contributed by atoms with Crippen molar-refractivity contribution in [2.24, 2.45) is 0 Å². The molecule has 88 valence electrons. The van der Waals surface area contributed by atoms with Crippen LogP contribution < -0.4 is 5.56 Å². The zero-order valence-electron chi connectivity index (χ0n) is 9.23. The van der Waals surface area contributed by atoms with Gasteiger partial charge in [-0.1, -0.05) is 6.92 Å². The molecule has 0 atom stereocenters. The van der Waals surface area contributed by atoms with Crippen LogP contribution in [0.3, 0.4) is 0 Å². The van der Waals surface area contributed by atoms with Crippen molar-refractivity contribution in [3.05, 3.63) is 21.9 Å². The van der Waals surface area contributed by atoms with Gasteiger partial charge in [0.1, 0.15) is 5.82 Å². The molecule has 1 heterocycles. The normalized spacial score (nSPS) is 10.4. The number of hydrogen-bond acceptors (Lipinski definition) is 5. The number of aromatic nitrogens is 2. The molecule has 1 aromatic rings. The number of rotatable bonds is 4. The first-order valence-electron chi connectivity index (χ1n) is 4.97. The third-order valence-electron chi connectivity index (χ3n) is 2.25. The number of aliphatic hydroxyl groups is 1. The zero-order valence-corrected chi connectivity index (χ0v) is 9.23. The average Bonchev–Trinajstić information content (AvgIpc) is 2.28. The fraction of sp³-hybridized carbons (Fsp3) is 0.500. The Morgan fingerprint density at radius 2 is 2.12 bits per heavy atom. The minimum Gasteiger partial charge on any atom is -0.501 e. The minimum absolute atomic E-state index is 0.0474. The summed E-state index contributed by atoms with van der Waals surface area (Å²) >= 11 is 0. The number of aryl methyl sites for hydroxylation is 1. The number of carbonyl (C=O) groups excluding carboxylic acids is 1. The lowest BCUT2D eigenvalue weighted by molar-refractivity contribution is 0.0979. The highest BCUT2D eigenvalue weighted by Gasteiger charge is 2.17. The molecular weight excluding hydrogens is 212 g/mol. The van der Waals surface area contributed by atoms with Crippen molar-refractivity contribution < 1.29 is 15.0 Å². The van der Waals surface area contributed by atoms with Crippen molar-refractivity contribution in [2.75, 3.05) is 6.61 Å². The highest BCUT2D eigenvalue weighted by molar-refractivity contribution is 5.96. The highest BCUT2D eigenvalue weighted by Crippen LogP contribution is 2.11. The molecule has 0 saturated heterocycles. The molecule has 0 fully saturated rings. The van der Waals surface area contributed by atoms with E-state index in [-0.39, 0.29) is 31.0 Å². The second kappa shape index (κ2) is 4.89. The Hall–Kier alpha value is -1.69. The van der Waals surface area contributed by atoms with Crippen LogP contribution >= 0.6 is 0 Å². The molecule has 0 aromatic carbocycles. The molecule has 2 N–H and O–H groups in total. The molecular formula is C10H14N2O4. The Labute approximate surface area is 92.2 Å². The van der Waals surface area contributed by atoms with E-state index >= 15 is 0 Å². The van der Waals surface area contributed by atoms with Crippen LogP contribution in [0.15, 0.2) is 4.79 Å². The van der Waals surface area contributed by atoms with Gasteiger partial charge in [0.2, 0.25) is 5.75 Å². The van der Waals surface area contributed by atoms with Crippen molar-refractivity contribution >= 4 is 5.78 Å². The van der Waals surface area contributed by atoms with Gasteiger partial charge in [0.25, 0.3) is 5.56 Å². The second-order valence-corrected chi connectivity index (χ2v) is 3.31. The molecule has 0 unspecified atom stereocenters. The van der Waals surface area contributed by atoms with Crippen molar-refractivity contribution in [3.8, 4) is 5.75 Å². The first-order chi connectivity index (χ1) is 7.52. The van der Waals surface area contributed by atoms with E-state index in [0.717, 1.165) is 4.57 Å². The number of nitrogens with zero attached hydrogens (tertiary/aromatic N) is 2. The second-order valence-electron chi connectivity index (χ2n) is 3.31. The molecule has 0 aliphatic carbocycles.